The fourth-order valence-corrected chi connectivity index (χ4v) is 5.63. The summed E-state index contributed by atoms with van der Waals surface area (Å²) in [6.07, 6.45) is 7.24. The number of carbonyl (C=O) groups is 2. The second-order valence-electron chi connectivity index (χ2n) is 9.55. The average Bonchev–Trinajstić information content (AvgIpc) is 3.39. The van der Waals surface area contributed by atoms with Crippen LogP contribution in [0, 0.1) is 5.92 Å². The van der Waals surface area contributed by atoms with Gasteiger partial charge in [-0.3, -0.25) is 4.79 Å². The van der Waals surface area contributed by atoms with Crippen LogP contribution in [0.15, 0.2) is 36.4 Å². The number of Topliss-reactive ketones (excluding diaryl/α,β-unsaturated/α-hetero) is 1. The Kier molecular flexibility index (Phi) is 10.1. The molecule has 1 heterocycles. The van der Waals surface area contributed by atoms with E-state index >= 15 is 0 Å². The normalized spacial score (nSPS) is 18.9. The van der Waals surface area contributed by atoms with Crippen LogP contribution in [-0.2, 0) is 16.0 Å². The Labute approximate surface area is 207 Å². The molecular weight excluding hydrogens is 448 g/mol. The molecule has 5 nitrogen and oxygen atoms in total. The van der Waals surface area contributed by atoms with E-state index in [-0.39, 0.29) is 12.0 Å². The van der Waals surface area contributed by atoms with Gasteiger partial charge in [0.2, 0.25) is 0 Å². The topological polar surface area (TPSA) is 72.8 Å². The zero-order valence-electron chi connectivity index (χ0n) is 20.6. The summed E-state index contributed by atoms with van der Waals surface area (Å²) in [5.74, 6) is 0.639. The van der Waals surface area contributed by atoms with Gasteiger partial charge < -0.3 is 14.6 Å². The number of ether oxygens (including phenoxy) is 2. The molecule has 0 radical (unpaired) electrons. The first-order chi connectivity index (χ1) is 16.4. The summed E-state index contributed by atoms with van der Waals surface area (Å²) in [7, 11) is 0. The number of aryl methyl sites for hydroxylation is 1. The van der Waals surface area contributed by atoms with E-state index < -0.39 is 12.3 Å². The third-order valence-corrected chi connectivity index (χ3v) is 7.52. The smallest absolute Gasteiger partial charge is 0.431 e. The number of unbranched alkanes of at least 4 members (excludes halogenated alkanes) is 2. The van der Waals surface area contributed by atoms with Gasteiger partial charge in [-0.2, -0.15) is 0 Å². The van der Waals surface area contributed by atoms with Crippen molar-refractivity contribution in [3.05, 3.63) is 52.4 Å². The van der Waals surface area contributed by atoms with Gasteiger partial charge in [0.15, 0.2) is 5.06 Å². The minimum Gasteiger partial charge on any atom is -0.431 e. The first-order valence-electron chi connectivity index (χ1n) is 12.6. The predicted octanol–water partition coefficient (Wildman–Crippen LogP) is 7.37. The van der Waals surface area contributed by atoms with Crippen molar-refractivity contribution in [3.63, 3.8) is 0 Å². The zero-order valence-corrected chi connectivity index (χ0v) is 21.4. The van der Waals surface area contributed by atoms with Crippen molar-refractivity contribution < 1.29 is 24.2 Å². The van der Waals surface area contributed by atoms with E-state index in [0.29, 0.717) is 23.2 Å². The first kappa shape index (κ1) is 26.4. The Morgan fingerprint density at radius 3 is 2.59 bits per heavy atom. The van der Waals surface area contributed by atoms with Gasteiger partial charge in [-0.15, -0.1) is 11.3 Å². The largest absolute Gasteiger partial charge is 0.514 e. The number of thiophene rings is 1. The lowest BCUT2D eigenvalue weighted by molar-refractivity contribution is -0.119. The summed E-state index contributed by atoms with van der Waals surface area (Å²) in [6, 6.07) is 11.9. The summed E-state index contributed by atoms with van der Waals surface area (Å²) < 4.78 is 10.2. The minimum atomic E-state index is -0.671. The maximum Gasteiger partial charge on any atom is 0.514 e. The molecule has 1 N–H and O–H groups in total. The second kappa shape index (κ2) is 13.1. The predicted molar refractivity (Wildman–Crippen MR) is 136 cm³/mol. The molecular formula is C28H38O5S. The van der Waals surface area contributed by atoms with Crippen molar-refractivity contribution in [2.75, 3.05) is 0 Å². The lowest BCUT2D eigenvalue weighted by Gasteiger charge is -2.20. The van der Waals surface area contributed by atoms with Crippen LogP contribution in [0.4, 0.5) is 4.79 Å². The average molecular weight is 487 g/mol. The fraction of sp³-hybridized carbons (Fsp3) is 0.571. The third kappa shape index (κ3) is 7.67. The van der Waals surface area contributed by atoms with Crippen LogP contribution in [0.2, 0.25) is 0 Å². The molecule has 0 spiro atoms. The van der Waals surface area contributed by atoms with Crippen LogP contribution < -0.4 is 4.74 Å². The molecule has 186 valence electrons. The van der Waals surface area contributed by atoms with Crippen LogP contribution in [0.1, 0.15) is 100 Å². The summed E-state index contributed by atoms with van der Waals surface area (Å²) in [4.78, 5) is 25.5. The monoisotopic (exact) mass is 486 g/mol. The van der Waals surface area contributed by atoms with Gasteiger partial charge in [-0.25, -0.2) is 4.79 Å². The van der Waals surface area contributed by atoms with Gasteiger partial charge in [-0.05, 0) is 75.1 Å². The highest BCUT2D eigenvalue weighted by Gasteiger charge is 2.35. The molecule has 0 unspecified atom stereocenters. The fourth-order valence-electron chi connectivity index (χ4n) is 4.75. The highest BCUT2D eigenvalue weighted by molar-refractivity contribution is 7.13. The van der Waals surface area contributed by atoms with E-state index in [1.54, 1.807) is 13.8 Å². The van der Waals surface area contributed by atoms with Gasteiger partial charge in [0, 0.05) is 17.2 Å². The van der Waals surface area contributed by atoms with E-state index in [2.05, 4.69) is 6.92 Å². The Morgan fingerprint density at radius 1 is 1.12 bits per heavy atom. The highest BCUT2D eigenvalue weighted by Crippen LogP contribution is 2.40. The van der Waals surface area contributed by atoms with E-state index in [0.717, 1.165) is 67.4 Å². The number of rotatable bonds is 12. The highest BCUT2D eigenvalue weighted by atomic mass is 32.1. The van der Waals surface area contributed by atoms with Gasteiger partial charge >= 0.3 is 6.16 Å². The van der Waals surface area contributed by atoms with E-state index in [4.69, 9.17) is 9.47 Å². The van der Waals surface area contributed by atoms with Crippen LogP contribution in [0.5, 0.6) is 5.06 Å². The lowest BCUT2D eigenvalue weighted by atomic mass is 9.84. The quantitative estimate of drug-likeness (QED) is 0.250. The molecule has 1 aromatic heterocycles. The van der Waals surface area contributed by atoms with Gasteiger partial charge in [0.25, 0.3) is 0 Å². The summed E-state index contributed by atoms with van der Waals surface area (Å²) in [5, 5.41) is 11.0. The van der Waals surface area contributed by atoms with Crippen molar-refractivity contribution in [1.29, 1.82) is 0 Å². The van der Waals surface area contributed by atoms with Crippen molar-refractivity contribution in [2.24, 2.45) is 5.92 Å². The molecule has 1 aromatic carbocycles. The molecule has 3 atom stereocenters. The molecule has 3 rings (SSSR count). The third-order valence-electron chi connectivity index (χ3n) is 6.49. The van der Waals surface area contributed by atoms with E-state index in [1.807, 2.05) is 36.4 Å². The molecule has 0 aliphatic heterocycles. The molecule has 0 saturated heterocycles. The number of carbonyl (C=O) groups excluding carboxylic acids is 2. The van der Waals surface area contributed by atoms with E-state index in [9.17, 15) is 14.7 Å². The van der Waals surface area contributed by atoms with E-state index in [1.165, 1.54) is 11.3 Å². The van der Waals surface area contributed by atoms with Gasteiger partial charge in [0.05, 0.1) is 12.2 Å². The molecule has 1 fully saturated rings. The number of hydrogen-bond acceptors (Lipinski definition) is 6. The van der Waals surface area contributed by atoms with Crippen molar-refractivity contribution in [2.45, 2.75) is 96.7 Å². The van der Waals surface area contributed by atoms with Gasteiger partial charge in [-0.1, -0.05) is 50.5 Å². The lowest BCUT2D eigenvalue weighted by Crippen LogP contribution is -2.14. The molecule has 1 saturated carbocycles. The Hall–Kier alpha value is -2.18. The maximum absolute atomic E-state index is 12.7. The molecule has 0 bridgehead atoms. The van der Waals surface area contributed by atoms with Crippen molar-refractivity contribution in [3.8, 4) is 5.06 Å². The number of benzene rings is 1. The number of hydrogen-bond donors (Lipinski definition) is 1. The van der Waals surface area contributed by atoms with Crippen LogP contribution in [0.3, 0.4) is 0 Å². The molecule has 0 amide bonds. The standard InChI is InChI=1S/C28H38O5S/c1-4-5-6-10-24(29)20-11-13-22(14-12-20)27-21(15-17-25(27)30)8-7-9-23-16-18-26(34-23)33-28(31)32-19(2)3/h11-14,16,18-19,21,24,27,29H,4-10,15,17H2,1-3H3/t21-,24-,27-/m0/s1. The molecule has 2 aromatic rings. The SMILES string of the molecule is CCCCC[C@H](O)c1ccc([C@H]2C(=O)CC[C@@H]2CCCc2ccc(OC(=O)OC(C)C)s2)cc1. The van der Waals surface area contributed by atoms with Crippen molar-refractivity contribution in [1.82, 2.24) is 0 Å². The number of aliphatic hydroxyl groups excluding tert-OH is 1. The summed E-state index contributed by atoms with van der Waals surface area (Å²) in [5.41, 5.74) is 2.02. The number of aliphatic hydroxyl groups is 1. The minimum absolute atomic E-state index is 0.0423. The van der Waals surface area contributed by atoms with Crippen LogP contribution >= 0.6 is 11.3 Å². The van der Waals surface area contributed by atoms with Crippen LogP contribution in [-0.4, -0.2) is 23.1 Å². The molecule has 34 heavy (non-hydrogen) atoms. The summed E-state index contributed by atoms with van der Waals surface area (Å²) in [6.45, 7) is 5.73. The Morgan fingerprint density at radius 2 is 1.88 bits per heavy atom. The van der Waals surface area contributed by atoms with Gasteiger partial charge in [0.1, 0.15) is 5.78 Å². The Bertz CT molecular complexity index is 917. The molecule has 1 aliphatic rings. The molecule has 6 heteroatoms. The number of ketones is 1. The summed E-state index contributed by atoms with van der Waals surface area (Å²) >= 11 is 1.47. The maximum atomic E-state index is 12.7. The molecule has 1 aliphatic carbocycles. The second-order valence-corrected chi connectivity index (χ2v) is 10.7. The zero-order chi connectivity index (χ0) is 24.5. The van der Waals surface area contributed by atoms with Crippen LogP contribution in [0.25, 0.3) is 0 Å². The van der Waals surface area contributed by atoms with Crippen molar-refractivity contribution >= 4 is 23.3 Å². The Balaban J connectivity index is 1.51. The first-order valence-corrected chi connectivity index (χ1v) is 13.5.